The molecule has 1 aliphatic rings. The number of nitrogens with one attached hydrogen (secondary N) is 1. The molecule has 1 aromatic heterocycles. The number of nitrogens with zero attached hydrogens (tertiary/aromatic N) is 1. The normalized spacial score (nSPS) is 25.8. The van der Waals surface area contributed by atoms with Gasteiger partial charge in [-0.2, -0.15) is 0 Å². The molecule has 2 N–H and O–H groups in total. The van der Waals surface area contributed by atoms with Gasteiger partial charge in [0.2, 0.25) is 0 Å². The van der Waals surface area contributed by atoms with E-state index in [0.29, 0.717) is 26.2 Å². The first kappa shape index (κ1) is 10.9. The molecule has 0 radical (unpaired) electrons. The van der Waals surface area contributed by atoms with Crippen LogP contribution in [-0.4, -0.2) is 35.5 Å². The molecule has 0 amide bonds. The first-order valence-electron chi connectivity index (χ1n) is 5.07. The van der Waals surface area contributed by atoms with Crippen LogP contribution in [0.4, 0.5) is 5.13 Å². The fraction of sp³-hybridized carbons (Fsp3) is 0.700. The van der Waals surface area contributed by atoms with Gasteiger partial charge >= 0.3 is 0 Å². The van der Waals surface area contributed by atoms with Crippen molar-refractivity contribution < 1.29 is 9.84 Å². The van der Waals surface area contributed by atoms with E-state index in [1.807, 2.05) is 13.8 Å². The van der Waals surface area contributed by atoms with Crippen LogP contribution in [-0.2, 0) is 4.74 Å². The van der Waals surface area contributed by atoms with E-state index < -0.39 is 5.60 Å². The summed E-state index contributed by atoms with van der Waals surface area (Å²) < 4.78 is 5.17. The van der Waals surface area contributed by atoms with Gasteiger partial charge in [-0.05, 0) is 13.8 Å². The molecule has 1 unspecified atom stereocenters. The van der Waals surface area contributed by atoms with Crippen molar-refractivity contribution >= 4 is 16.5 Å². The standard InChI is InChI=1S/C10H16N2O2S/c1-7-8(2)15-9(12-7)11-5-10(13)3-4-14-6-10/h13H,3-6H2,1-2H3,(H,11,12). The first-order valence-corrected chi connectivity index (χ1v) is 5.89. The molecule has 0 bridgehead atoms. The van der Waals surface area contributed by atoms with Gasteiger partial charge in [0.1, 0.15) is 5.60 Å². The van der Waals surface area contributed by atoms with E-state index >= 15 is 0 Å². The first-order chi connectivity index (χ1) is 7.09. The highest BCUT2D eigenvalue weighted by atomic mass is 32.1. The number of hydrogen-bond acceptors (Lipinski definition) is 5. The second-order valence-corrected chi connectivity index (χ2v) is 5.24. The predicted octanol–water partition coefficient (Wildman–Crippen LogP) is 1.32. The van der Waals surface area contributed by atoms with Crippen LogP contribution in [0.15, 0.2) is 0 Å². The van der Waals surface area contributed by atoms with Crippen molar-refractivity contribution in [2.24, 2.45) is 0 Å². The van der Waals surface area contributed by atoms with Gasteiger partial charge in [0.05, 0.1) is 12.3 Å². The molecule has 2 heterocycles. The van der Waals surface area contributed by atoms with Crippen molar-refractivity contribution in [3.05, 3.63) is 10.6 Å². The summed E-state index contributed by atoms with van der Waals surface area (Å²) in [6, 6.07) is 0. The van der Waals surface area contributed by atoms with Gasteiger partial charge in [-0.15, -0.1) is 11.3 Å². The molecule has 2 rings (SSSR count). The van der Waals surface area contributed by atoms with Gasteiger partial charge < -0.3 is 15.2 Å². The number of hydrogen-bond donors (Lipinski definition) is 2. The molecule has 15 heavy (non-hydrogen) atoms. The smallest absolute Gasteiger partial charge is 0.183 e. The Bertz CT molecular complexity index is 326. The van der Waals surface area contributed by atoms with Crippen molar-refractivity contribution in [1.82, 2.24) is 4.98 Å². The van der Waals surface area contributed by atoms with Gasteiger partial charge in [0, 0.05) is 24.4 Å². The summed E-state index contributed by atoms with van der Waals surface area (Å²) in [5, 5.41) is 14.1. The summed E-state index contributed by atoms with van der Waals surface area (Å²) >= 11 is 1.62. The average molecular weight is 228 g/mol. The third-order valence-corrected chi connectivity index (χ3v) is 3.71. The summed E-state index contributed by atoms with van der Waals surface area (Å²) in [5.74, 6) is 0. The molecule has 1 saturated heterocycles. The van der Waals surface area contributed by atoms with E-state index in [9.17, 15) is 5.11 Å². The fourth-order valence-electron chi connectivity index (χ4n) is 1.52. The van der Waals surface area contributed by atoms with Crippen molar-refractivity contribution in [2.75, 3.05) is 25.1 Å². The maximum absolute atomic E-state index is 10.0. The molecule has 4 nitrogen and oxygen atoms in total. The van der Waals surface area contributed by atoms with E-state index in [-0.39, 0.29) is 0 Å². The fourth-order valence-corrected chi connectivity index (χ4v) is 2.33. The average Bonchev–Trinajstić information content (AvgIpc) is 2.73. The number of aromatic nitrogens is 1. The van der Waals surface area contributed by atoms with Crippen LogP contribution in [0.3, 0.4) is 0 Å². The third-order valence-electron chi connectivity index (χ3n) is 2.68. The summed E-state index contributed by atoms with van der Waals surface area (Å²) in [4.78, 5) is 5.57. The van der Waals surface area contributed by atoms with Gasteiger partial charge in [0.15, 0.2) is 5.13 Å². The zero-order valence-corrected chi connectivity index (χ0v) is 9.86. The molecule has 1 aromatic rings. The van der Waals surface area contributed by atoms with Gasteiger partial charge in [-0.3, -0.25) is 0 Å². The Morgan fingerprint density at radius 3 is 2.93 bits per heavy atom. The number of rotatable bonds is 3. The number of anilines is 1. The van der Waals surface area contributed by atoms with E-state index in [1.165, 1.54) is 4.88 Å². The summed E-state index contributed by atoms with van der Waals surface area (Å²) in [6.45, 7) is 5.62. The molecular weight excluding hydrogens is 212 g/mol. The third kappa shape index (κ3) is 2.48. The Morgan fingerprint density at radius 1 is 1.60 bits per heavy atom. The number of aliphatic hydroxyl groups is 1. The summed E-state index contributed by atoms with van der Waals surface area (Å²) in [6.07, 6.45) is 0.698. The maximum atomic E-state index is 10.0. The van der Waals surface area contributed by atoms with E-state index in [2.05, 4.69) is 10.3 Å². The van der Waals surface area contributed by atoms with Crippen LogP contribution in [0.2, 0.25) is 0 Å². The van der Waals surface area contributed by atoms with Crippen LogP contribution in [0.1, 0.15) is 17.0 Å². The Balaban J connectivity index is 1.92. The van der Waals surface area contributed by atoms with Crippen LogP contribution in [0, 0.1) is 13.8 Å². The van der Waals surface area contributed by atoms with Crippen LogP contribution >= 0.6 is 11.3 Å². The zero-order chi connectivity index (χ0) is 10.9. The largest absolute Gasteiger partial charge is 0.386 e. The predicted molar refractivity (Wildman–Crippen MR) is 60.5 cm³/mol. The highest BCUT2D eigenvalue weighted by Crippen LogP contribution is 2.23. The monoisotopic (exact) mass is 228 g/mol. The van der Waals surface area contributed by atoms with Gasteiger partial charge in [-0.25, -0.2) is 4.98 Å². The quantitative estimate of drug-likeness (QED) is 0.819. The number of ether oxygens (including phenoxy) is 1. The molecule has 1 fully saturated rings. The minimum absolute atomic E-state index is 0.420. The highest BCUT2D eigenvalue weighted by Gasteiger charge is 2.32. The molecule has 1 aliphatic heterocycles. The summed E-state index contributed by atoms with van der Waals surface area (Å²) in [7, 11) is 0. The molecule has 5 heteroatoms. The number of thiazole rings is 1. The molecule has 0 aliphatic carbocycles. The SMILES string of the molecule is Cc1nc(NCC2(O)CCOC2)sc1C. The molecule has 0 aromatic carbocycles. The Hall–Kier alpha value is -0.650. The van der Waals surface area contributed by atoms with E-state index in [1.54, 1.807) is 11.3 Å². The topological polar surface area (TPSA) is 54.4 Å². The Kier molecular flexibility index (Phi) is 2.95. The second kappa shape index (κ2) is 4.08. The lowest BCUT2D eigenvalue weighted by Crippen LogP contribution is -2.37. The second-order valence-electron chi connectivity index (χ2n) is 4.04. The van der Waals surface area contributed by atoms with Crippen molar-refractivity contribution in [1.29, 1.82) is 0 Å². The minimum atomic E-state index is -0.715. The lowest BCUT2D eigenvalue weighted by molar-refractivity contribution is 0.0382. The lowest BCUT2D eigenvalue weighted by atomic mass is 10.0. The van der Waals surface area contributed by atoms with Gasteiger partial charge in [0.25, 0.3) is 0 Å². The van der Waals surface area contributed by atoms with Crippen LogP contribution < -0.4 is 5.32 Å². The minimum Gasteiger partial charge on any atom is -0.386 e. The van der Waals surface area contributed by atoms with E-state index in [0.717, 1.165) is 10.8 Å². The molecule has 0 spiro atoms. The lowest BCUT2D eigenvalue weighted by Gasteiger charge is -2.20. The van der Waals surface area contributed by atoms with Gasteiger partial charge in [-0.1, -0.05) is 0 Å². The maximum Gasteiger partial charge on any atom is 0.183 e. The van der Waals surface area contributed by atoms with Crippen molar-refractivity contribution in [2.45, 2.75) is 25.9 Å². The van der Waals surface area contributed by atoms with E-state index in [4.69, 9.17) is 4.74 Å². The zero-order valence-electron chi connectivity index (χ0n) is 9.04. The number of aryl methyl sites for hydroxylation is 2. The Labute approximate surface area is 93.3 Å². The van der Waals surface area contributed by atoms with Crippen LogP contribution in [0.25, 0.3) is 0 Å². The van der Waals surface area contributed by atoms with Crippen LogP contribution in [0.5, 0.6) is 0 Å². The van der Waals surface area contributed by atoms with Crippen molar-refractivity contribution in [3.63, 3.8) is 0 Å². The molecule has 0 saturated carbocycles. The van der Waals surface area contributed by atoms with Crippen molar-refractivity contribution in [3.8, 4) is 0 Å². The molecular formula is C10H16N2O2S. The Morgan fingerprint density at radius 2 is 2.40 bits per heavy atom. The molecule has 84 valence electrons. The molecule has 1 atom stereocenters. The highest BCUT2D eigenvalue weighted by molar-refractivity contribution is 7.15. The summed E-state index contributed by atoms with van der Waals surface area (Å²) in [5.41, 5.74) is 0.338.